The zero-order valence-electron chi connectivity index (χ0n) is 5.13. The quantitative estimate of drug-likeness (QED) is 0.432. The van der Waals surface area contributed by atoms with E-state index in [0.29, 0.717) is 0 Å². The van der Waals surface area contributed by atoms with Crippen molar-refractivity contribution in [1.29, 1.82) is 0 Å². The van der Waals surface area contributed by atoms with Crippen LogP contribution >= 0.6 is 0 Å². The van der Waals surface area contributed by atoms with Gasteiger partial charge in [-0.3, -0.25) is 0 Å². The molecular formula is C6H10O3. The van der Waals surface area contributed by atoms with Crippen LogP contribution in [0.25, 0.3) is 0 Å². The number of hydrogen-bond donors (Lipinski definition) is 2. The Morgan fingerprint density at radius 3 is 2.33 bits per heavy atom. The van der Waals surface area contributed by atoms with Crippen molar-refractivity contribution in [3.63, 3.8) is 0 Å². The van der Waals surface area contributed by atoms with Gasteiger partial charge in [0, 0.05) is 0 Å². The minimum Gasteiger partial charge on any atom is -0.505 e. The van der Waals surface area contributed by atoms with Gasteiger partial charge in [-0.15, -0.1) is 0 Å². The van der Waals surface area contributed by atoms with E-state index in [4.69, 9.17) is 10.2 Å². The highest BCUT2D eigenvalue weighted by Gasteiger charge is 1.94. The summed E-state index contributed by atoms with van der Waals surface area (Å²) >= 11 is 0. The molecule has 3 nitrogen and oxygen atoms in total. The second-order valence-corrected chi connectivity index (χ2v) is 1.44. The van der Waals surface area contributed by atoms with Crippen LogP contribution in [-0.4, -0.2) is 23.4 Å². The van der Waals surface area contributed by atoms with Crippen LogP contribution < -0.4 is 0 Å². The molecule has 0 aliphatic heterocycles. The Morgan fingerprint density at radius 1 is 1.44 bits per heavy atom. The van der Waals surface area contributed by atoms with Gasteiger partial charge in [0.05, 0.1) is 6.61 Å². The van der Waals surface area contributed by atoms with Crippen molar-refractivity contribution >= 4 is 0 Å². The molecule has 3 heteroatoms. The second-order valence-electron chi connectivity index (χ2n) is 1.44. The molecule has 0 atom stereocenters. The Labute approximate surface area is 53.9 Å². The molecule has 0 saturated carbocycles. The monoisotopic (exact) mass is 130 g/mol. The highest BCUT2D eigenvalue weighted by molar-refractivity contribution is 5.09. The maximum Gasteiger partial charge on any atom is 0.153 e. The van der Waals surface area contributed by atoms with Crippen LogP contribution in [0.5, 0.6) is 0 Å². The van der Waals surface area contributed by atoms with Gasteiger partial charge in [-0.2, -0.15) is 0 Å². The van der Waals surface area contributed by atoms with E-state index in [0.717, 1.165) is 0 Å². The summed E-state index contributed by atoms with van der Waals surface area (Å²) in [5.74, 6) is -0.104. The molecule has 0 aromatic carbocycles. The SMILES string of the molecule is C=C(O)C(=C)OCCO. The van der Waals surface area contributed by atoms with Crippen LogP contribution in [0.2, 0.25) is 0 Å². The summed E-state index contributed by atoms with van der Waals surface area (Å²) in [7, 11) is 0. The third-order valence-corrected chi connectivity index (χ3v) is 0.689. The minimum atomic E-state index is -0.205. The molecule has 2 N–H and O–H groups in total. The molecule has 0 spiro atoms. The summed E-state index contributed by atoms with van der Waals surface area (Å²) in [4.78, 5) is 0. The van der Waals surface area contributed by atoms with Crippen LogP contribution in [0.4, 0.5) is 0 Å². The molecular weight excluding hydrogens is 120 g/mol. The lowest BCUT2D eigenvalue weighted by Gasteiger charge is -2.03. The molecule has 52 valence electrons. The third kappa shape index (κ3) is 3.61. The van der Waals surface area contributed by atoms with E-state index in [2.05, 4.69) is 17.9 Å². The Balaban J connectivity index is 3.39. The highest BCUT2D eigenvalue weighted by atomic mass is 16.5. The van der Waals surface area contributed by atoms with Crippen molar-refractivity contribution in [1.82, 2.24) is 0 Å². The number of rotatable bonds is 4. The fourth-order valence-electron chi connectivity index (χ4n) is 0.252. The first kappa shape index (κ1) is 8.04. The largest absolute Gasteiger partial charge is 0.505 e. The van der Waals surface area contributed by atoms with Gasteiger partial charge in [0.15, 0.2) is 5.76 Å². The van der Waals surface area contributed by atoms with Crippen molar-refractivity contribution in [2.24, 2.45) is 0 Å². The Hall–Kier alpha value is -0.960. The van der Waals surface area contributed by atoms with Crippen LogP contribution in [0.15, 0.2) is 24.7 Å². The summed E-state index contributed by atoms with van der Waals surface area (Å²) in [6.07, 6.45) is 0. The van der Waals surface area contributed by atoms with Crippen LogP contribution in [0, 0.1) is 0 Å². The molecule has 0 bridgehead atoms. The molecule has 0 rings (SSSR count). The summed E-state index contributed by atoms with van der Waals surface area (Å²) in [6.45, 7) is 6.51. The Bertz CT molecular complexity index is 117. The average molecular weight is 130 g/mol. The molecule has 0 saturated heterocycles. The molecule has 0 unspecified atom stereocenters. The predicted octanol–water partition coefficient (Wildman–Crippen LogP) is 0.581. The fraction of sp³-hybridized carbons (Fsp3) is 0.333. The fourth-order valence-corrected chi connectivity index (χ4v) is 0.252. The normalized spacial score (nSPS) is 8.56. The lowest BCUT2D eigenvalue weighted by Crippen LogP contribution is -1.99. The van der Waals surface area contributed by atoms with Gasteiger partial charge >= 0.3 is 0 Å². The van der Waals surface area contributed by atoms with Crippen LogP contribution in [-0.2, 0) is 4.74 Å². The van der Waals surface area contributed by atoms with Gasteiger partial charge in [-0.25, -0.2) is 0 Å². The predicted molar refractivity (Wildman–Crippen MR) is 33.9 cm³/mol. The molecule has 0 amide bonds. The van der Waals surface area contributed by atoms with E-state index in [1.807, 2.05) is 0 Å². The first-order valence-electron chi connectivity index (χ1n) is 2.49. The number of hydrogen-bond acceptors (Lipinski definition) is 3. The van der Waals surface area contributed by atoms with Gasteiger partial charge in [0.1, 0.15) is 12.4 Å². The molecule has 0 aliphatic rings. The van der Waals surface area contributed by atoms with Gasteiger partial charge < -0.3 is 14.9 Å². The summed E-state index contributed by atoms with van der Waals surface area (Å²) < 4.78 is 4.66. The van der Waals surface area contributed by atoms with Crippen molar-refractivity contribution in [3.05, 3.63) is 24.7 Å². The summed E-state index contributed by atoms with van der Waals surface area (Å²) in [6, 6.07) is 0. The zero-order chi connectivity index (χ0) is 7.28. The zero-order valence-corrected chi connectivity index (χ0v) is 5.13. The molecule has 0 aliphatic carbocycles. The molecule has 0 fully saturated rings. The van der Waals surface area contributed by atoms with Crippen molar-refractivity contribution in [2.45, 2.75) is 0 Å². The van der Waals surface area contributed by atoms with Crippen LogP contribution in [0.3, 0.4) is 0 Å². The number of aliphatic hydroxyl groups is 2. The van der Waals surface area contributed by atoms with Gasteiger partial charge in [0.2, 0.25) is 0 Å². The van der Waals surface area contributed by atoms with Gasteiger partial charge in [-0.1, -0.05) is 13.2 Å². The Morgan fingerprint density at radius 2 is 2.00 bits per heavy atom. The molecule has 0 aromatic rings. The molecule has 9 heavy (non-hydrogen) atoms. The van der Waals surface area contributed by atoms with Crippen LogP contribution in [0.1, 0.15) is 0 Å². The number of aliphatic hydroxyl groups excluding tert-OH is 2. The molecule has 0 radical (unpaired) electrons. The summed E-state index contributed by atoms with van der Waals surface area (Å²) in [5, 5.41) is 16.8. The highest BCUT2D eigenvalue weighted by Crippen LogP contribution is 2.00. The smallest absolute Gasteiger partial charge is 0.153 e. The van der Waals surface area contributed by atoms with Crippen molar-refractivity contribution < 1.29 is 14.9 Å². The van der Waals surface area contributed by atoms with E-state index in [1.165, 1.54) is 0 Å². The first-order valence-corrected chi connectivity index (χ1v) is 2.49. The molecule has 0 aromatic heterocycles. The second kappa shape index (κ2) is 3.97. The van der Waals surface area contributed by atoms with E-state index < -0.39 is 0 Å². The molecule has 0 heterocycles. The average Bonchev–Trinajstić information content (AvgIpc) is 1.82. The van der Waals surface area contributed by atoms with E-state index >= 15 is 0 Å². The van der Waals surface area contributed by atoms with Crippen molar-refractivity contribution in [3.8, 4) is 0 Å². The minimum absolute atomic E-state index is 0.0910. The lowest BCUT2D eigenvalue weighted by molar-refractivity contribution is 0.139. The maximum absolute atomic E-state index is 8.55. The van der Waals surface area contributed by atoms with E-state index in [1.54, 1.807) is 0 Å². The third-order valence-electron chi connectivity index (χ3n) is 0.689. The van der Waals surface area contributed by atoms with E-state index in [9.17, 15) is 0 Å². The summed E-state index contributed by atoms with van der Waals surface area (Å²) in [5.41, 5.74) is 0. The first-order chi connectivity index (χ1) is 4.18. The van der Waals surface area contributed by atoms with E-state index in [-0.39, 0.29) is 24.7 Å². The lowest BCUT2D eigenvalue weighted by atomic mass is 10.5. The maximum atomic E-state index is 8.55. The van der Waals surface area contributed by atoms with Crippen molar-refractivity contribution in [2.75, 3.05) is 13.2 Å². The topological polar surface area (TPSA) is 49.7 Å². The standard InChI is InChI=1S/C6H10O3/c1-5(8)6(2)9-4-3-7/h7-8H,1-4H2. The van der Waals surface area contributed by atoms with Gasteiger partial charge in [-0.05, 0) is 0 Å². The number of ether oxygens (including phenoxy) is 1. The Kier molecular flexibility index (Phi) is 3.55. The van der Waals surface area contributed by atoms with Gasteiger partial charge in [0.25, 0.3) is 0 Å².